The van der Waals surface area contributed by atoms with Crippen LogP contribution in [0, 0.1) is 0 Å². The molecule has 26 heavy (non-hydrogen) atoms. The Balaban J connectivity index is 1.41. The number of nitrogens with zero attached hydrogens (tertiary/aromatic N) is 4. The molecule has 134 valence electrons. The van der Waals surface area contributed by atoms with Gasteiger partial charge in [0, 0.05) is 31.4 Å². The van der Waals surface area contributed by atoms with Crippen LogP contribution in [0.1, 0.15) is 16.9 Å². The van der Waals surface area contributed by atoms with Crippen LogP contribution in [0.4, 0.5) is 0 Å². The summed E-state index contributed by atoms with van der Waals surface area (Å²) in [6.07, 6.45) is 5.07. The van der Waals surface area contributed by atoms with Crippen LogP contribution in [0.15, 0.2) is 45.8 Å². The van der Waals surface area contributed by atoms with Crippen LogP contribution in [0.3, 0.4) is 0 Å². The molecule has 0 radical (unpaired) electrons. The summed E-state index contributed by atoms with van der Waals surface area (Å²) >= 11 is 0. The van der Waals surface area contributed by atoms with Crippen molar-refractivity contribution in [2.75, 3.05) is 20.2 Å². The Hall–Kier alpha value is -3.36. The van der Waals surface area contributed by atoms with Gasteiger partial charge in [-0.15, -0.1) is 0 Å². The van der Waals surface area contributed by atoms with Crippen LogP contribution in [0.25, 0.3) is 11.5 Å². The molecule has 1 amide bonds. The molecule has 0 N–H and O–H groups in total. The highest BCUT2D eigenvalue weighted by Gasteiger charge is 2.31. The van der Waals surface area contributed by atoms with Crippen molar-refractivity contribution in [3.8, 4) is 23.3 Å². The van der Waals surface area contributed by atoms with E-state index < -0.39 is 0 Å². The summed E-state index contributed by atoms with van der Waals surface area (Å²) in [5.41, 5.74) is 0.231. The van der Waals surface area contributed by atoms with Crippen molar-refractivity contribution >= 4 is 5.91 Å². The fourth-order valence-corrected chi connectivity index (χ4v) is 2.77. The van der Waals surface area contributed by atoms with Crippen molar-refractivity contribution in [3.63, 3.8) is 0 Å². The van der Waals surface area contributed by atoms with E-state index in [1.54, 1.807) is 23.1 Å². The first-order valence-electron chi connectivity index (χ1n) is 8.06. The molecular weight excluding hydrogens is 340 g/mol. The maximum absolute atomic E-state index is 12.6. The highest BCUT2D eigenvalue weighted by molar-refractivity contribution is 5.93. The number of aromatic nitrogens is 3. The van der Waals surface area contributed by atoms with E-state index in [9.17, 15) is 4.79 Å². The van der Waals surface area contributed by atoms with Gasteiger partial charge >= 0.3 is 0 Å². The molecule has 0 bridgehead atoms. The summed E-state index contributed by atoms with van der Waals surface area (Å²) in [5.74, 6) is 1.35. The van der Waals surface area contributed by atoms with Crippen molar-refractivity contribution in [1.82, 2.24) is 20.0 Å². The van der Waals surface area contributed by atoms with Gasteiger partial charge in [-0.3, -0.25) is 4.79 Å². The summed E-state index contributed by atoms with van der Waals surface area (Å²) in [6, 6.07) is 5.05. The van der Waals surface area contributed by atoms with Gasteiger partial charge in [0.25, 0.3) is 17.7 Å². The van der Waals surface area contributed by atoms with E-state index >= 15 is 0 Å². The SMILES string of the molecule is COc1nccnc1OC1CCN(C(=O)c2cc(-c3ccco3)on2)C1. The molecule has 1 unspecified atom stereocenters. The minimum atomic E-state index is -0.219. The lowest BCUT2D eigenvalue weighted by molar-refractivity contribution is 0.0760. The van der Waals surface area contributed by atoms with E-state index in [4.69, 9.17) is 18.4 Å². The second kappa shape index (κ2) is 6.87. The number of carbonyl (C=O) groups excluding carboxylic acids is 1. The molecular formula is C17H16N4O5. The lowest BCUT2D eigenvalue weighted by Gasteiger charge is -2.16. The number of hydrogen-bond donors (Lipinski definition) is 0. The third-order valence-electron chi connectivity index (χ3n) is 4.03. The van der Waals surface area contributed by atoms with Gasteiger partial charge in [0.05, 0.1) is 19.9 Å². The highest BCUT2D eigenvalue weighted by atomic mass is 16.5. The predicted molar refractivity (Wildman–Crippen MR) is 87.7 cm³/mol. The van der Waals surface area contributed by atoms with Crippen molar-refractivity contribution in [1.29, 1.82) is 0 Å². The number of furan rings is 1. The normalized spacial score (nSPS) is 16.7. The Morgan fingerprint density at radius 1 is 1.27 bits per heavy atom. The standard InChI is InChI=1S/C17H16N4O5/c1-23-15-16(19-6-5-18-15)25-11-4-7-21(10-11)17(22)12-9-14(26-20-12)13-3-2-8-24-13/h2-3,5-6,8-9,11H,4,7,10H2,1H3. The minimum Gasteiger partial charge on any atom is -0.477 e. The molecule has 1 aliphatic rings. The second-order valence-corrected chi connectivity index (χ2v) is 5.70. The quantitative estimate of drug-likeness (QED) is 0.684. The molecule has 0 aromatic carbocycles. The maximum Gasteiger partial charge on any atom is 0.278 e. The van der Waals surface area contributed by atoms with Gasteiger partial charge in [0.15, 0.2) is 11.5 Å². The first kappa shape index (κ1) is 16.1. The molecule has 0 aliphatic carbocycles. The Labute approximate surface area is 148 Å². The van der Waals surface area contributed by atoms with Crippen molar-refractivity contribution in [3.05, 3.63) is 42.5 Å². The predicted octanol–water partition coefficient (Wildman–Crippen LogP) is 2.03. The minimum absolute atomic E-state index is 0.194. The first-order valence-corrected chi connectivity index (χ1v) is 8.06. The Morgan fingerprint density at radius 3 is 2.88 bits per heavy atom. The van der Waals surface area contributed by atoms with Gasteiger partial charge in [-0.25, -0.2) is 9.97 Å². The zero-order valence-electron chi connectivity index (χ0n) is 14.0. The summed E-state index contributed by atoms with van der Waals surface area (Å²) < 4.78 is 21.4. The highest BCUT2D eigenvalue weighted by Crippen LogP contribution is 2.25. The Kier molecular flexibility index (Phi) is 4.26. The molecule has 1 aliphatic heterocycles. The van der Waals surface area contributed by atoms with Gasteiger partial charge in [0.1, 0.15) is 6.10 Å². The summed E-state index contributed by atoms with van der Waals surface area (Å²) in [7, 11) is 1.50. The second-order valence-electron chi connectivity index (χ2n) is 5.70. The maximum atomic E-state index is 12.6. The number of rotatable bonds is 5. The third-order valence-corrected chi connectivity index (χ3v) is 4.03. The van der Waals surface area contributed by atoms with Gasteiger partial charge < -0.3 is 23.3 Å². The molecule has 1 saturated heterocycles. The number of likely N-dealkylation sites (tertiary alicyclic amines) is 1. The molecule has 1 fully saturated rings. The van der Waals surface area contributed by atoms with E-state index in [0.29, 0.717) is 42.8 Å². The van der Waals surface area contributed by atoms with E-state index in [1.807, 2.05) is 0 Å². The number of hydrogen-bond acceptors (Lipinski definition) is 8. The molecule has 9 nitrogen and oxygen atoms in total. The number of carbonyl (C=O) groups is 1. The summed E-state index contributed by atoms with van der Waals surface area (Å²) in [4.78, 5) is 22.4. The average molecular weight is 356 g/mol. The summed E-state index contributed by atoms with van der Waals surface area (Å²) in [6.45, 7) is 0.969. The number of amides is 1. The molecule has 0 saturated carbocycles. The van der Waals surface area contributed by atoms with Crippen molar-refractivity contribution < 1.29 is 23.2 Å². The van der Waals surface area contributed by atoms with Crippen LogP contribution >= 0.6 is 0 Å². The zero-order chi connectivity index (χ0) is 17.9. The van der Waals surface area contributed by atoms with Crippen molar-refractivity contribution in [2.24, 2.45) is 0 Å². The van der Waals surface area contributed by atoms with Crippen LogP contribution < -0.4 is 9.47 Å². The Morgan fingerprint density at radius 2 is 2.12 bits per heavy atom. The van der Waals surface area contributed by atoms with Crippen LogP contribution in [-0.4, -0.2) is 52.2 Å². The monoisotopic (exact) mass is 356 g/mol. The van der Waals surface area contributed by atoms with Crippen molar-refractivity contribution in [2.45, 2.75) is 12.5 Å². The molecule has 4 heterocycles. The fourth-order valence-electron chi connectivity index (χ4n) is 2.77. The lowest BCUT2D eigenvalue weighted by atomic mass is 10.3. The van der Waals surface area contributed by atoms with Crippen LogP contribution in [0.2, 0.25) is 0 Å². The fraction of sp³-hybridized carbons (Fsp3) is 0.294. The average Bonchev–Trinajstić information content (AvgIpc) is 3.42. The van der Waals surface area contributed by atoms with E-state index in [1.165, 1.54) is 25.8 Å². The lowest BCUT2D eigenvalue weighted by Crippen LogP contribution is -2.31. The van der Waals surface area contributed by atoms with Crippen LogP contribution in [-0.2, 0) is 0 Å². The van der Waals surface area contributed by atoms with E-state index in [0.717, 1.165) is 0 Å². The Bertz CT molecular complexity index is 892. The molecule has 3 aromatic rings. The first-order chi connectivity index (χ1) is 12.7. The number of methoxy groups -OCH3 is 1. The smallest absolute Gasteiger partial charge is 0.278 e. The molecule has 0 spiro atoms. The molecule has 3 aromatic heterocycles. The van der Waals surface area contributed by atoms with Gasteiger partial charge in [-0.05, 0) is 12.1 Å². The topological polar surface area (TPSA) is 104 Å². The van der Waals surface area contributed by atoms with Gasteiger partial charge in [0.2, 0.25) is 5.76 Å². The zero-order valence-corrected chi connectivity index (χ0v) is 14.0. The summed E-state index contributed by atoms with van der Waals surface area (Å²) in [5, 5.41) is 3.84. The number of ether oxygens (including phenoxy) is 2. The van der Waals surface area contributed by atoms with Gasteiger partial charge in [-0.1, -0.05) is 5.16 Å². The molecule has 4 rings (SSSR count). The molecule has 1 atom stereocenters. The van der Waals surface area contributed by atoms with E-state index in [-0.39, 0.29) is 17.7 Å². The third kappa shape index (κ3) is 3.10. The van der Waals surface area contributed by atoms with Crippen LogP contribution in [0.5, 0.6) is 11.8 Å². The van der Waals surface area contributed by atoms with E-state index in [2.05, 4.69) is 15.1 Å². The largest absolute Gasteiger partial charge is 0.477 e. The van der Waals surface area contributed by atoms with Gasteiger partial charge in [-0.2, -0.15) is 0 Å². The molecule has 9 heteroatoms.